The van der Waals surface area contributed by atoms with Crippen LogP contribution in [0, 0.1) is 5.92 Å². The molecule has 0 aliphatic heterocycles. The van der Waals surface area contributed by atoms with Crippen LogP contribution in [0.15, 0.2) is 12.2 Å². The number of carbonyl (C=O) groups is 1. The lowest BCUT2D eigenvalue weighted by molar-refractivity contribution is -0.139. The van der Waals surface area contributed by atoms with Crippen molar-refractivity contribution in [3.05, 3.63) is 12.2 Å². The molecule has 0 aliphatic rings. The van der Waals surface area contributed by atoms with Crippen LogP contribution in [0.5, 0.6) is 0 Å². The van der Waals surface area contributed by atoms with Crippen molar-refractivity contribution in [2.75, 3.05) is 6.61 Å². The molecule has 2 heteroatoms. The van der Waals surface area contributed by atoms with Gasteiger partial charge in [0.25, 0.3) is 0 Å². The topological polar surface area (TPSA) is 26.3 Å². The van der Waals surface area contributed by atoms with Gasteiger partial charge >= 0.3 is 5.97 Å². The number of hydrogen-bond donors (Lipinski definition) is 0. The molecule has 0 aliphatic carbocycles. The molecule has 2 nitrogen and oxygen atoms in total. The molecule has 0 heterocycles. The quantitative estimate of drug-likeness (QED) is 0.360. The van der Waals surface area contributed by atoms with Gasteiger partial charge in [-0.2, -0.15) is 0 Å². The lowest BCUT2D eigenvalue weighted by atomic mass is 10.0. The maximum Gasteiger partial charge on any atom is 0.333 e. The van der Waals surface area contributed by atoms with E-state index in [-0.39, 0.29) is 5.97 Å². The van der Waals surface area contributed by atoms with Gasteiger partial charge in [0.15, 0.2) is 0 Å². The average molecular weight is 184 g/mol. The third-order valence-corrected chi connectivity index (χ3v) is 2.12. The van der Waals surface area contributed by atoms with Gasteiger partial charge in [-0.05, 0) is 25.7 Å². The summed E-state index contributed by atoms with van der Waals surface area (Å²) in [7, 11) is 0. The Hall–Kier alpha value is -0.790. The Morgan fingerprint density at radius 3 is 2.62 bits per heavy atom. The van der Waals surface area contributed by atoms with Gasteiger partial charge in [0, 0.05) is 5.57 Å². The Kier molecular flexibility index (Phi) is 6.29. The van der Waals surface area contributed by atoms with Crippen molar-refractivity contribution in [3.8, 4) is 0 Å². The first kappa shape index (κ1) is 12.2. The summed E-state index contributed by atoms with van der Waals surface area (Å²) in [4.78, 5) is 10.9. The molecule has 13 heavy (non-hydrogen) atoms. The summed E-state index contributed by atoms with van der Waals surface area (Å²) in [6.07, 6.45) is 3.27. The van der Waals surface area contributed by atoms with Crippen LogP contribution < -0.4 is 0 Å². The van der Waals surface area contributed by atoms with Gasteiger partial charge in [0.2, 0.25) is 0 Å². The minimum Gasteiger partial charge on any atom is -0.462 e. The fourth-order valence-electron chi connectivity index (χ4n) is 0.924. The molecule has 0 spiro atoms. The summed E-state index contributed by atoms with van der Waals surface area (Å²) in [6.45, 7) is 10.1. The molecule has 1 unspecified atom stereocenters. The SMILES string of the molecule is C=C(C)C(=O)OCCCC(C)CC. The smallest absolute Gasteiger partial charge is 0.333 e. The van der Waals surface area contributed by atoms with E-state index in [1.807, 2.05) is 0 Å². The van der Waals surface area contributed by atoms with Gasteiger partial charge in [0.05, 0.1) is 6.61 Å². The van der Waals surface area contributed by atoms with E-state index in [4.69, 9.17) is 4.74 Å². The van der Waals surface area contributed by atoms with Gasteiger partial charge in [-0.15, -0.1) is 0 Å². The third kappa shape index (κ3) is 6.38. The highest BCUT2D eigenvalue weighted by Gasteiger charge is 2.03. The first-order valence-electron chi connectivity index (χ1n) is 4.90. The van der Waals surface area contributed by atoms with Crippen LogP contribution in [0.25, 0.3) is 0 Å². The Morgan fingerprint density at radius 1 is 1.54 bits per heavy atom. The van der Waals surface area contributed by atoms with Crippen molar-refractivity contribution >= 4 is 5.97 Å². The number of rotatable bonds is 6. The summed E-state index contributed by atoms with van der Waals surface area (Å²) < 4.78 is 4.96. The second-order valence-electron chi connectivity index (χ2n) is 3.57. The van der Waals surface area contributed by atoms with Gasteiger partial charge in [-0.3, -0.25) is 0 Å². The van der Waals surface area contributed by atoms with Gasteiger partial charge in [-0.25, -0.2) is 4.79 Å². The summed E-state index contributed by atoms with van der Waals surface area (Å²) >= 11 is 0. The normalized spacial score (nSPS) is 12.2. The molecule has 0 bridgehead atoms. The van der Waals surface area contributed by atoms with Crippen LogP contribution in [0.1, 0.15) is 40.0 Å². The zero-order valence-corrected chi connectivity index (χ0v) is 8.93. The zero-order chi connectivity index (χ0) is 10.3. The first-order chi connectivity index (χ1) is 6.07. The van der Waals surface area contributed by atoms with Gasteiger partial charge in [0.1, 0.15) is 0 Å². The minimum absolute atomic E-state index is 0.274. The molecule has 0 rings (SSSR count). The van der Waals surface area contributed by atoms with Crippen LogP contribution in [-0.2, 0) is 9.53 Å². The molecule has 1 atom stereocenters. The number of carbonyl (C=O) groups excluding carboxylic acids is 1. The largest absolute Gasteiger partial charge is 0.462 e. The number of ether oxygens (including phenoxy) is 1. The Morgan fingerprint density at radius 2 is 2.15 bits per heavy atom. The number of esters is 1. The van der Waals surface area contributed by atoms with Crippen molar-refractivity contribution in [3.63, 3.8) is 0 Å². The Balaban J connectivity index is 3.36. The van der Waals surface area contributed by atoms with Crippen molar-refractivity contribution in [2.45, 2.75) is 40.0 Å². The van der Waals surface area contributed by atoms with E-state index in [0.29, 0.717) is 12.2 Å². The van der Waals surface area contributed by atoms with E-state index >= 15 is 0 Å². The van der Waals surface area contributed by atoms with Crippen molar-refractivity contribution in [2.24, 2.45) is 5.92 Å². The highest BCUT2D eigenvalue weighted by Crippen LogP contribution is 2.09. The Labute approximate surface area is 81.0 Å². The van der Waals surface area contributed by atoms with E-state index in [1.54, 1.807) is 6.92 Å². The molecule has 0 aromatic carbocycles. The van der Waals surface area contributed by atoms with Crippen LogP contribution in [-0.4, -0.2) is 12.6 Å². The molecule has 0 fully saturated rings. The minimum atomic E-state index is -0.274. The maximum absolute atomic E-state index is 10.9. The standard InChI is InChI=1S/C11H20O2/c1-5-10(4)7-6-8-13-11(12)9(2)3/h10H,2,5-8H2,1,3-4H3. The molecule has 76 valence electrons. The van der Waals surface area contributed by atoms with Crippen LogP contribution in [0.2, 0.25) is 0 Å². The van der Waals surface area contributed by atoms with Crippen LogP contribution >= 0.6 is 0 Å². The average Bonchev–Trinajstić information content (AvgIpc) is 2.11. The third-order valence-electron chi connectivity index (χ3n) is 2.12. The zero-order valence-electron chi connectivity index (χ0n) is 8.93. The van der Waals surface area contributed by atoms with Crippen molar-refractivity contribution < 1.29 is 9.53 Å². The summed E-state index contributed by atoms with van der Waals surface area (Å²) in [5.41, 5.74) is 0.475. The molecule has 0 aromatic rings. The lowest BCUT2D eigenvalue weighted by Gasteiger charge is -2.08. The molecular weight excluding hydrogens is 164 g/mol. The maximum atomic E-state index is 10.9. The first-order valence-corrected chi connectivity index (χ1v) is 4.90. The molecule has 0 saturated heterocycles. The summed E-state index contributed by atoms with van der Waals surface area (Å²) in [5, 5.41) is 0. The number of hydrogen-bond acceptors (Lipinski definition) is 2. The second kappa shape index (κ2) is 6.70. The van der Waals surface area contributed by atoms with Crippen molar-refractivity contribution in [1.82, 2.24) is 0 Å². The highest BCUT2D eigenvalue weighted by atomic mass is 16.5. The molecule has 0 aromatic heterocycles. The summed E-state index contributed by atoms with van der Waals surface area (Å²) in [6, 6.07) is 0. The molecular formula is C11H20O2. The Bertz CT molecular complexity index is 173. The highest BCUT2D eigenvalue weighted by molar-refractivity contribution is 5.86. The van der Waals surface area contributed by atoms with E-state index in [2.05, 4.69) is 20.4 Å². The van der Waals surface area contributed by atoms with E-state index in [1.165, 1.54) is 6.42 Å². The fraction of sp³-hybridized carbons (Fsp3) is 0.727. The van der Waals surface area contributed by atoms with E-state index < -0.39 is 0 Å². The summed E-state index contributed by atoms with van der Waals surface area (Å²) in [5.74, 6) is 0.452. The second-order valence-corrected chi connectivity index (χ2v) is 3.57. The fourth-order valence-corrected chi connectivity index (χ4v) is 0.924. The van der Waals surface area contributed by atoms with Gasteiger partial charge < -0.3 is 4.74 Å². The lowest BCUT2D eigenvalue weighted by Crippen LogP contribution is -2.07. The molecule has 0 radical (unpaired) electrons. The van der Waals surface area contributed by atoms with Gasteiger partial charge in [-0.1, -0.05) is 26.8 Å². The van der Waals surface area contributed by atoms with E-state index in [0.717, 1.165) is 18.8 Å². The van der Waals surface area contributed by atoms with E-state index in [9.17, 15) is 4.79 Å². The van der Waals surface area contributed by atoms with Crippen molar-refractivity contribution in [1.29, 1.82) is 0 Å². The molecule has 0 N–H and O–H groups in total. The monoisotopic (exact) mass is 184 g/mol. The predicted octanol–water partition coefficient (Wildman–Crippen LogP) is 2.93. The van der Waals surface area contributed by atoms with Crippen LogP contribution in [0.4, 0.5) is 0 Å². The molecule has 0 amide bonds. The molecule has 0 saturated carbocycles. The van der Waals surface area contributed by atoms with Crippen LogP contribution in [0.3, 0.4) is 0 Å². The predicted molar refractivity (Wildman–Crippen MR) is 54.5 cm³/mol.